The number of nitrogens with one attached hydrogen (secondary N) is 1. The molecular weight excluding hydrogens is 363 g/mol. The van der Waals surface area contributed by atoms with E-state index in [1.54, 1.807) is 6.20 Å². The van der Waals surface area contributed by atoms with Crippen molar-refractivity contribution in [3.63, 3.8) is 0 Å². The van der Waals surface area contributed by atoms with Crippen LogP contribution in [0.4, 0.5) is 0 Å². The molecule has 0 radical (unpaired) electrons. The molecule has 0 bridgehead atoms. The summed E-state index contributed by atoms with van der Waals surface area (Å²) in [7, 11) is 0. The fraction of sp³-hybridized carbons (Fsp3) is 0.412. The first-order valence-electron chi connectivity index (χ1n) is 7.92. The van der Waals surface area contributed by atoms with Crippen LogP contribution in [0.5, 0.6) is 0 Å². The van der Waals surface area contributed by atoms with Gasteiger partial charge in [0.2, 0.25) is 0 Å². The van der Waals surface area contributed by atoms with E-state index in [-0.39, 0.29) is 36.8 Å². The maximum absolute atomic E-state index is 12.9. The molecular formula is C17H24Cl2N4O2. The summed E-state index contributed by atoms with van der Waals surface area (Å²) in [6, 6.07) is 11.8. The Morgan fingerprint density at radius 3 is 2.56 bits per heavy atom. The first-order chi connectivity index (χ1) is 11.3. The summed E-state index contributed by atoms with van der Waals surface area (Å²) in [6.45, 7) is 1.50. The van der Waals surface area contributed by atoms with Crippen LogP contribution in [0.25, 0.3) is 0 Å². The SMILES string of the molecule is Cl.Cl.NC[C@H]1CC[C@@H](C(=O)N(Cc2ccccc2)Cc2ccn[nH]2)O1. The van der Waals surface area contributed by atoms with Gasteiger partial charge < -0.3 is 15.4 Å². The van der Waals surface area contributed by atoms with Gasteiger partial charge in [-0.2, -0.15) is 5.10 Å². The van der Waals surface area contributed by atoms with Gasteiger partial charge in [-0.05, 0) is 24.5 Å². The van der Waals surface area contributed by atoms with Gasteiger partial charge in [0.05, 0.1) is 18.3 Å². The molecule has 8 heteroatoms. The van der Waals surface area contributed by atoms with Gasteiger partial charge in [0.25, 0.3) is 5.91 Å². The molecule has 0 spiro atoms. The zero-order valence-electron chi connectivity index (χ0n) is 13.8. The molecule has 138 valence electrons. The van der Waals surface area contributed by atoms with Crippen molar-refractivity contribution in [2.75, 3.05) is 6.54 Å². The average Bonchev–Trinajstić information content (AvgIpc) is 3.26. The average molecular weight is 387 g/mol. The summed E-state index contributed by atoms with van der Waals surface area (Å²) < 4.78 is 5.77. The number of nitrogens with zero attached hydrogens (tertiary/aromatic N) is 2. The number of carbonyl (C=O) groups is 1. The number of carbonyl (C=O) groups excluding carboxylic acids is 1. The molecule has 2 atom stereocenters. The van der Waals surface area contributed by atoms with Crippen molar-refractivity contribution in [1.29, 1.82) is 0 Å². The Morgan fingerprint density at radius 2 is 1.96 bits per heavy atom. The number of aromatic amines is 1. The third-order valence-electron chi connectivity index (χ3n) is 4.09. The van der Waals surface area contributed by atoms with Crippen molar-refractivity contribution >= 4 is 30.7 Å². The minimum absolute atomic E-state index is 0. The van der Waals surface area contributed by atoms with Gasteiger partial charge >= 0.3 is 0 Å². The number of benzene rings is 1. The second-order valence-corrected chi connectivity index (χ2v) is 5.82. The fourth-order valence-corrected chi connectivity index (χ4v) is 2.86. The van der Waals surface area contributed by atoms with E-state index in [2.05, 4.69) is 10.2 Å². The van der Waals surface area contributed by atoms with Crippen molar-refractivity contribution in [2.24, 2.45) is 5.73 Å². The largest absolute Gasteiger partial charge is 0.364 e. The highest BCUT2D eigenvalue weighted by atomic mass is 35.5. The monoisotopic (exact) mass is 386 g/mol. The first-order valence-corrected chi connectivity index (χ1v) is 7.92. The lowest BCUT2D eigenvalue weighted by Crippen LogP contribution is -2.39. The summed E-state index contributed by atoms with van der Waals surface area (Å²) in [5, 5.41) is 6.87. The van der Waals surface area contributed by atoms with E-state index in [9.17, 15) is 4.79 Å². The van der Waals surface area contributed by atoms with Gasteiger partial charge in [-0.1, -0.05) is 30.3 Å². The molecule has 1 aromatic heterocycles. The highest BCUT2D eigenvalue weighted by Gasteiger charge is 2.33. The number of H-pyrrole nitrogens is 1. The van der Waals surface area contributed by atoms with Crippen molar-refractivity contribution in [3.8, 4) is 0 Å². The molecule has 2 aromatic rings. The van der Waals surface area contributed by atoms with E-state index in [4.69, 9.17) is 10.5 Å². The zero-order valence-corrected chi connectivity index (χ0v) is 15.5. The molecule has 6 nitrogen and oxygen atoms in total. The normalized spacial score (nSPS) is 18.9. The third-order valence-corrected chi connectivity index (χ3v) is 4.09. The minimum atomic E-state index is -0.393. The molecule has 2 heterocycles. The highest BCUT2D eigenvalue weighted by Crippen LogP contribution is 2.22. The molecule has 3 N–H and O–H groups in total. The lowest BCUT2D eigenvalue weighted by atomic mass is 10.1. The van der Waals surface area contributed by atoms with E-state index in [0.29, 0.717) is 19.6 Å². The van der Waals surface area contributed by atoms with Crippen molar-refractivity contribution < 1.29 is 9.53 Å². The van der Waals surface area contributed by atoms with Gasteiger partial charge in [-0.15, -0.1) is 24.8 Å². The number of rotatable bonds is 6. The van der Waals surface area contributed by atoms with Crippen LogP contribution in [-0.4, -0.2) is 39.8 Å². The Morgan fingerprint density at radius 1 is 1.20 bits per heavy atom. The van der Waals surface area contributed by atoms with E-state index in [1.807, 2.05) is 41.3 Å². The maximum Gasteiger partial charge on any atom is 0.252 e. The quantitative estimate of drug-likeness (QED) is 0.797. The second kappa shape index (κ2) is 10.4. The summed E-state index contributed by atoms with van der Waals surface area (Å²) in [6.07, 6.45) is 2.87. The van der Waals surface area contributed by atoms with E-state index in [1.165, 1.54) is 0 Å². The summed E-state index contributed by atoms with van der Waals surface area (Å²) in [5.74, 6) is 0.0133. The molecule has 3 rings (SSSR count). The Labute approximate surface area is 159 Å². The third kappa shape index (κ3) is 5.71. The molecule has 0 unspecified atom stereocenters. The lowest BCUT2D eigenvalue weighted by Gasteiger charge is -2.25. The van der Waals surface area contributed by atoms with Crippen LogP contribution < -0.4 is 5.73 Å². The van der Waals surface area contributed by atoms with Gasteiger partial charge in [0.15, 0.2) is 0 Å². The predicted molar refractivity (Wildman–Crippen MR) is 101 cm³/mol. The van der Waals surface area contributed by atoms with Gasteiger partial charge in [-0.3, -0.25) is 9.89 Å². The van der Waals surface area contributed by atoms with Crippen LogP contribution in [-0.2, 0) is 22.6 Å². The number of halogens is 2. The standard InChI is InChI=1S/C17H22N4O2.2ClH/c18-10-15-6-7-16(23-15)17(22)21(12-14-8-9-19-20-14)11-13-4-2-1-3-5-13;;/h1-5,8-9,15-16H,6-7,10-12,18H2,(H,19,20);2*1H/t15-,16+;;/m1../s1. The van der Waals surface area contributed by atoms with E-state index >= 15 is 0 Å². The number of ether oxygens (including phenoxy) is 1. The van der Waals surface area contributed by atoms with E-state index in [0.717, 1.165) is 24.1 Å². The Hall–Kier alpha value is -1.60. The van der Waals surface area contributed by atoms with Crippen LogP contribution in [0, 0.1) is 0 Å². The molecule has 1 aromatic carbocycles. The number of aromatic nitrogens is 2. The van der Waals surface area contributed by atoms with Crippen LogP contribution in [0.2, 0.25) is 0 Å². The van der Waals surface area contributed by atoms with Crippen molar-refractivity contribution in [1.82, 2.24) is 15.1 Å². The second-order valence-electron chi connectivity index (χ2n) is 5.82. The van der Waals surface area contributed by atoms with Gasteiger partial charge in [0, 0.05) is 19.3 Å². The van der Waals surface area contributed by atoms with Gasteiger partial charge in [0.1, 0.15) is 6.10 Å². The topological polar surface area (TPSA) is 84.2 Å². The Balaban J connectivity index is 0.00000156. The molecule has 1 saturated heterocycles. The zero-order chi connectivity index (χ0) is 16.1. The Kier molecular flexibility index (Phi) is 8.92. The molecule has 1 fully saturated rings. The molecule has 1 aliphatic heterocycles. The smallest absolute Gasteiger partial charge is 0.252 e. The van der Waals surface area contributed by atoms with Crippen LogP contribution in [0.3, 0.4) is 0 Å². The minimum Gasteiger partial charge on any atom is -0.364 e. The molecule has 1 amide bonds. The van der Waals surface area contributed by atoms with Gasteiger partial charge in [-0.25, -0.2) is 0 Å². The summed E-state index contributed by atoms with van der Waals surface area (Å²) in [5.41, 5.74) is 7.64. The number of amides is 1. The Bertz CT molecular complexity index is 625. The predicted octanol–water partition coefficient (Wildman–Crippen LogP) is 2.29. The van der Waals surface area contributed by atoms with Crippen LogP contribution >= 0.6 is 24.8 Å². The first kappa shape index (κ1) is 21.4. The number of hydrogen-bond acceptors (Lipinski definition) is 4. The maximum atomic E-state index is 12.9. The molecule has 1 aliphatic rings. The summed E-state index contributed by atoms with van der Waals surface area (Å²) >= 11 is 0. The van der Waals surface area contributed by atoms with Crippen molar-refractivity contribution in [2.45, 2.75) is 38.1 Å². The van der Waals surface area contributed by atoms with Crippen LogP contribution in [0.15, 0.2) is 42.6 Å². The highest BCUT2D eigenvalue weighted by molar-refractivity contribution is 5.85. The molecule has 0 saturated carbocycles. The lowest BCUT2D eigenvalue weighted by molar-refractivity contribution is -0.144. The number of hydrogen-bond donors (Lipinski definition) is 2. The molecule has 25 heavy (non-hydrogen) atoms. The van der Waals surface area contributed by atoms with Crippen LogP contribution in [0.1, 0.15) is 24.1 Å². The van der Waals surface area contributed by atoms with Crippen molar-refractivity contribution in [3.05, 3.63) is 53.9 Å². The fourth-order valence-electron chi connectivity index (χ4n) is 2.86. The summed E-state index contributed by atoms with van der Waals surface area (Å²) in [4.78, 5) is 14.7. The number of nitrogens with two attached hydrogens (primary N) is 1. The molecule has 0 aliphatic carbocycles. The van der Waals surface area contributed by atoms with E-state index < -0.39 is 6.10 Å².